The van der Waals surface area contributed by atoms with Crippen molar-refractivity contribution in [2.24, 2.45) is 0 Å². The molecule has 0 radical (unpaired) electrons. The van der Waals surface area contributed by atoms with Gasteiger partial charge in [-0.2, -0.15) is 46.7 Å². The summed E-state index contributed by atoms with van der Waals surface area (Å²) in [5.74, 6) is 0.164. The SMILES string of the molecule is O=S(=O)(O)c1cc(Nc2nc(Cl)nc(Nc3ccccc3)n2)ccc1C=Cc1ccc(Nc2nc(Cl)nc(Nc3ccccc3)n2)cc1S(=O)(=O)O.[NaH].[NaH]. The quantitative estimate of drug-likeness (QED) is 0.0493. The van der Waals surface area contributed by atoms with Crippen LogP contribution in [0, 0.1) is 0 Å². The van der Waals surface area contributed by atoms with Crippen molar-refractivity contribution in [2.75, 3.05) is 21.3 Å². The summed E-state index contributed by atoms with van der Waals surface area (Å²) in [5, 5.41) is 11.3. The monoisotopic (exact) mass is 826 g/mol. The van der Waals surface area contributed by atoms with Crippen LogP contribution in [-0.4, -0.2) is 115 Å². The maximum absolute atomic E-state index is 12.4. The van der Waals surface area contributed by atoms with E-state index in [4.69, 9.17) is 23.2 Å². The Bertz CT molecular complexity index is 2350. The minimum absolute atomic E-state index is 0. The number of benzene rings is 4. The standard InChI is InChI=1S/C32H24Cl2N10O6S2.2Na.2H/c33-27-39-29(35-21-7-3-1-4-8-21)43-31(41-27)37-23-15-13-19(25(17-23)51(45,46)47)11-12-20-14-16-24(18-26(20)52(48,49)50)38-32-42-28(34)40-30(44-32)36-22-9-5-2-6-10-22;;;;/h1-18H,(H,45,46,47)(H,48,49,50)(H2,35,37,39,41,43)(H2,36,38,40,42,44);;;;. The number of nitrogens with one attached hydrogen (secondary N) is 4. The average Bonchev–Trinajstić information content (AvgIpc) is 3.07. The van der Waals surface area contributed by atoms with Gasteiger partial charge >= 0.3 is 59.1 Å². The van der Waals surface area contributed by atoms with Gasteiger partial charge in [0.2, 0.25) is 34.4 Å². The van der Waals surface area contributed by atoms with Crippen LogP contribution in [0.4, 0.5) is 46.5 Å². The van der Waals surface area contributed by atoms with Crippen LogP contribution in [-0.2, 0) is 20.2 Å². The first kappa shape index (κ1) is 43.0. The normalized spacial score (nSPS) is 11.3. The van der Waals surface area contributed by atoms with Gasteiger partial charge in [0.15, 0.2) is 0 Å². The van der Waals surface area contributed by atoms with Crippen molar-refractivity contribution >= 4 is 161 Å². The van der Waals surface area contributed by atoms with Crippen LogP contribution in [0.5, 0.6) is 0 Å². The molecule has 16 nitrogen and oxygen atoms in total. The van der Waals surface area contributed by atoms with Crippen LogP contribution in [0.2, 0.25) is 10.6 Å². The average molecular weight is 828 g/mol. The second-order valence-corrected chi connectivity index (χ2v) is 14.0. The molecule has 54 heavy (non-hydrogen) atoms. The topological polar surface area (TPSA) is 234 Å². The Hall–Kier alpha value is -3.76. The summed E-state index contributed by atoms with van der Waals surface area (Å²) in [4.78, 5) is 23.5. The van der Waals surface area contributed by atoms with Gasteiger partial charge in [-0.25, -0.2) is 0 Å². The molecule has 6 aromatic rings. The first-order chi connectivity index (χ1) is 24.8. The van der Waals surface area contributed by atoms with Crippen LogP contribution in [0.3, 0.4) is 0 Å². The summed E-state index contributed by atoms with van der Waals surface area (Å²) in [6.07, 6.45) is 2.50. The molecule has 268 valence electrons. The number of hydrogen-bond acceptors (Lipinski definition) is 14. The molecule has 0 unspecified atom stereocenters. The van der Waals surface area contributed by atoms with Crippen molar-refractivity contribution < 1.29 is 25.9 Å². The number of nitrogens with zero attached hydrogens (tertiary/aromatic N) is 6. The van der Waals surface area contributed by atoms with Crippen LogP contribution >= 0.6 is 23.2 Å². The molecular weight excluding hydrogens is 801 g/mol. The number of halogens is 2. The fourth-order valence-corrected chi connectivity index (χ4v) is 6.35. The predicted molar refractivity (Wildman–Crippen MR) is 211 cm³/mol. The zero-order chi connectivity index (χ0) is 36.9. The van der Waals surface area contributed by atoms with Crippen molar-refractivity contribution in [1.29, 1.82) is 0 Å². The van der Waals surface area contributed by atoms with E-state index in [1.54, 1.807) is 24.3 Å². The maximum atomic E-state index is 12.4. The van der Waals surface area contributed by atoms with Gasteiger partial charge in [-0.05, 0) is 82.9 Å². The molecule has 2 aromatic heterocycles. The van der Waals surface area contributed by atoms with Gasteiger partial charge in [0.25, 0.3) is 20.2 Å². The van der Waals surface area contributed by atoms with E-state index in [0.717, 1.165) is 12.1 Å². The molecule has 2 heterocycles. The molecule has 0 fully saturated rings. The Labute approximate surface area is 363 Å². The van der Waals surface area contributed by atoms with E-state index in [9.17, 15) is 25.9 Å². The molecule has 4 aromatic carbocycles. The van der Waals surface area contributed by atoms with Gasteiger partial charge in [-0.3, -0.25) is 9.11 Å². The van der Waals surface area contributed by atoms with E-state index in [1.165, 1.54) is 36.4 Å². The molecule has 0 amide bonds. The van der Waals surface area contributed by atoms with Gasteiger partial charge in [-0.1, -0.05) is 60.7 Å². The molecule has 0 atom stereocenters. The van der Waals surface area contributed by atoms with Gasteiger partial charge in [0.1, 0.15) is 9.79 Å². The molecule has 6 rings (SSSR count). The van der Waals surface area contributed by atoms with Crippen molar-refractivity contribution in [3.05, 3.63) is 119 Å². The minimum atomic E-state index is -4.81. The molecule has 0 bridgehead atoms. The summed E-state index contributed by atoms with van der Waals surface area (Å²) in [5.41, 5.74) is 1.65. The van der Waals surface area contributed by atoms with E-state index >= 15 is 0 Å². The Kier molecular flexibility index (Phi) is 14.9. The summed E-state index contributed by atoms with van der Waals surface area (Å²) >= 11 is 12.2. The first-order valence-corrected chi connectivity index (χ1v) is 18.3. The van der Waals surface area contributed by atoms with Gasteiger partial charge in [0, 0.05) is 22.7 Å². The Morgan fingerprint density at radius 1 is 0.463 bits per heavy atom. The van der Waals surface area contributed by atoms with E-state index in [2.05, 4.69) is 51.2 Å². The van der Waals surface area contributed by atoms with Gasteiger partial charge in [0.05, 0.1) is 0 Å². The third kappa shape index (κ3) is 11.9. The molecule has 0 saturated heterocycles. The van der Waals surface area contributed by atoms with E-state index < -0.39 is 30.0 Å². The Balaban J connectivity index is 0.00000325. The molecule has 6 N–H and O–H groups in total. The van der Waals surface area contributed by atoms with E-state index in [-0.39, 0.29) is 116 Å². The zero-order valence-electron chi connectivity index (χ0n) is 26.2. The second-order valence-electron chi connectivity index (χ2n) is 10.5. The molecule has 0 aliphatic carbocycles. The fraction of sp³-hybridized carbons (Fsp3) is 0. The summed E-state index contributed by atoms with van der Waals surface area (Å²) < 4.78 is 69.8. The van der Waals surface area contributed by atoms with Gasteiger partial charge < -0.3 is 21.3 Å². The number of hydrogen-bond donors (Lipinski definition) is 6. The first-order valence-electron chi connectivity index (χ1n) is 14.7. The second kappa shape index (κ2) is 18.7. The number of aromatic nitrogens is 6. The van der Waals surface area contributed by atoms with Crippen LogP contribution < -0.4 is 21.3 Å². The predicted octanol–water partition coefficient (Wildman–Crippen LogP) is 5.70. The van der Waals surface area contributed by atoms with Crippen molar-refractivity contribution in [3.63, 3.8) is 0 Å². The third-order valence-electron chi connectivity index (χ3n) is 6.81. The summed E-state index contributed by atoms with van der Waals surface area (Å²) in [6, 6.07) is 25.9. The van der Waals surface area contributed by atoms with Crippen molar-refractivity contribution in [1.82, 2.24) is 29.9 Å². The summed E-state index contributed by atoms with van der Waals surface area (Å²) in [6.45, 7) is 0. The molecule has 0 spiro atoms. The fourth-order valence-electron chi connectivity index (χ4n) is 4.61. The van der Waals surface area contributed by atoms with E-state index in [0.29, 0.717) is 11.4 Å². The molecule has 0 saturated carbocycles. The molecule has 0 aliphatic heterocycles. The third-order valence-corrected chi connectivity index (χ3v) is 8.97. The molecule has 22 heteroatoms. The van der Waals surface area contributed by atoms with Crippen LogP contribution in [0.1, 0.15) is 11.1 Å². The van der Waals surface area contributed by atoms with Crippen molar-refractivity contribution in [3.8, 4) is 0 Å². The number of anilines is 8. The molecule has 0 aliphatic rings. The van der Waals surface area contributed by atoms with Crippen LogP contribution in [0.15, 0.2) is 107 Å². The number of rotatable bonds is 12. The Morgan fingerprint density at radius 3 is 1.09 bits per heavy atom. The molecular formula is C32H26Cl2N10Na2O6S2. The zero-order valence-corrected chi connectivity index (χ0v) is 29.3. The summed E-state index contributed by atoms with van der Waals surface area (Å²) in [7, 11) is -9.62. The van der Waals surface area contributed by atoms with Gasteiger partial charge in [-0.15, -0.1) is 0 Å². The van der Waals surface area contributed by atoms with Crippen molar-refractivity contribution in [2.45, 2.75) is 9.79 Å². The number of para-hydroxylation sites is 2. The van der Waals surface area contributed by atoms with E-state index in [1.807, 2.05) is 36.4 Å². The van der Waals surface area contributed by atoms with Crippen LogP contribution in [0.25, 0.3) is 12.2 Å². The Morgan fingerprint density at radius 2 is 0.778 bits per heavy atom.